The summed E-state index contributed by atoms with van der Waals surface area (Å²) < 4.78 is 6.90. The van der Waals surface area contributed by atoms with Crippen LogP contribution >= 0.6 is 11.3 Å². The molecule has 0 bridgehead atoms. The fourth-order valence-corrected chi connectivity index (χ4v) is 4.15. The summed E-state index contributed by atoms with van der Waals surface area (Å²) in [6, 6.07) is 6.79. The number of carbonyl (C=O) groups is 2. The fourth-order valence-electron chi connectivity index (χ4n) is 3.23. The zero-order chi connectivity index (χ0) is 20.0. The first kappa shape index (κ1) is 18.4. The van der Waals surface area contributed by atoms with Crippen LogP contribution in [0, 0.1) is 0 Å². The van der Waals surface area contributed by atoms with Gasteiger partial charge < -0.3 is 9.64 Å². The second kappa shape index (κ2) is 6.87. The molecule has 1 aliphatic heterocycles. The number of likely N-dealkylation sites (N-methyl/N-ethyl adjacent to an activating group) is 1. The number of hydrogen-bond donors (Lipinski definition) is 0. The summed E-state index contributed by atoms with van der Waals surface area (Å²) in [5.74, 6) is 0.139. The minimum Gasteiger partial charge on any atom is -0.479 e. The molecule has 1 aromatic carbocycles. The highest BCUT2D eigenvalue weighted by molar-refractivity contribution is 7.18. The Morgan fingerprint density at radius 3 is 2.82 bits per heavy atom. The van der Waals surface area contributed by atoms with E-state index >= 15 is 0 Å². The van der Waals surface area contributed by atoms with E-state index in [0.29, 0.717) is 27.2 Å². The lowest BCUT2D eigenvalue weighted by molar-refractivity contribution is -0.125. The van der Waals surface area contributed by atoms with Gasteiger partial charge in [-0.3, -0.25) is 19.0 Å². The monoisotopic (exact) mass is 397 g/mol. The second-order valence-electron chi connectivity index (χ2n) is 6.73. The summed E-state index contributed by atoms with van der Waals surface area (Å²) in [7, 11) is 1.65. The molecule has 3 aromatic rings. The lowest BCUT2D eigenvalue weighted by Crippen LogP contribution is -2.42. The van der Waals surface area contributed by atoms with Gasteiger partial charge in [0.25, 0.3) is 11.5 Å². The zero-order valence-electron chi connectivity index (χ0n) is 15.8. The third kappa shape index (κ3) is 2.99. The van der Waals surface area contributed by atoms with E-state index in [4.69, 9.17) is 4.74 Å². The van der Waals surface area contributed by atoms with Gasteiger partial charge in [0.2, 0.25) is 0 Å². The van der Waals surface area contributed by atoms with E-state index in [-0.39, 0.29) is 23.8 Å². The fraction of sp³-hybridized carbons (Fsp3) is 0.300. The van der Waals surface area contributed by atoms with Crippen LogP contribution in [0.5, 0.6) is 5.75 Å². The van der Waals surface area contributed by atoms with Crippen molar-refractivity contribution in [3.8, 4) is 5.75 Å². The molecule has 7 nitrogen and oxygen atoms in total. The summed E-state index contributed by atoms with van der Waals surface area (Å²) in [6.45, 7) is 3.59. The van der Waals surface area contributed by atoms with Gasteiger partial charge in [0.15, 0.2) is 11.9 Å². The van der Waals surface area contributed by atoms with E-state index < -0.39 is 6.10 Å². The van der Waals surface area contributed by atoms with Gasteiger partial charge in [-0.05, 0) is 37.6 Å². The van der Waals surface area contributed by atoms with Crippen LogP contribution in [-0.2, 0) is 17.8 Å². The first-order chi connectivity index (χ1) is 13.4. The molecule has 8 heteroatoms. The first-order valence-corrected chi connectivity index (χ1v) is 9.80. The predicted octanol–water partition coefficient (Wildman–Crippen LogP) is 2.65. The van der Waals surface area contributed by atoms with Crippen molar-refractivity contribution in [1.29, 1.82) is 0 Å². The molecular weight excluding hydrogens is 378 g/mol. The van der Waals surface area contributed by atoms with Crippen molar-refractivity contribution < 1.29 is 14.3 Å². The quantitative estimate of drug-likeness (QED) is 0.632. The topological polar surface area (TPSA) is 81.5 Å². The van der Waals surface area contributed by atoms with Crippen molar-refractivity contribution in [1.82, 2.24) is 9.55 Å². The molecule has 1 atom stereocenters. The van der Waals surface area contributed by atoms with Crippen LogP contribution in [0.2, 0.25) is 0 Å². The van der Waals surface area contributed by atoms with E-state index in [1.54, 1.807) is 32.2 Å². The van der Waals surface area contributed by atoms with Gasteiger partial charge in [-0.25, -0.2) is 4.98 Å². The Hall–Kier alpha value is -3.00. The van der Waals surface area contributed by atoms with Crippen molar-refractivity contribution in [2.75, 3.05) is 11.9 Å². The van der Waals surface area contributed by atoms with Crippen LogP contribution in [0.3, 0.4) is 0 Å². The second-order valence-corrected chi connectivity index (χ2v) is 7.84. The highest BCUT2D eigenvalue weighted by Crippen LogP contribution is 2.34. The summed E-state index contributed by atoms with van der Waals surface area (Å²) in [5.41, 5.74) is 0.722. The molecule has 0 fully saturated rings. The normalized spacial score (nSPS) is 16.2. The minimum absolute atomic E-state index is 0.118. The van der Waals surface area contributed by atoms with Crippen molar-refractivity contribution in [3.05, 3.63) is 51.4 Å². The van der Waals surface area contributed by atoms with E-state index in [1.165, 1.54) is 27.1 Å². The maximum atomic E-state index is 12.8. The molecule has 0 spiro atoms. The Morgan fingerprint density at radius 1 is 1.29 bits per heavy atom. The molecule has 0 N–H and O–H groups in total. The average Bonchev–Trinajstić information content (AvgIpc) is 3.12. The Kier molecular flexibility index (Phi) is 4.50. The minimum atomic E-state index is -0.561. The van der Waals surface area contributed by atoms with Gasteiger partial charge in [0.1, 0.15) is 10.6 Å². The van der Waals surface area contributed by atoms with E-state index in [1.807, 2.05) is 13.0 Å². The van der Waals surface area contributed by atoms with Crippen LogP contribution in [0.4, 0.5) is 5.69 Å². The molecule has 0 saturated heterocycles. The third-order valence-corrected chi connectivity index (χ3v) is 6.04. The number of ether oxygens (including phenoxy) is 1. The molecule has 28 heavy (non-hydrogen) atoms. The molecule has 0 aliphatic carbocycles. The molecule has 2 aromatic heterocycles. The van der Waals surface area contributed by atoms with Gasteiger partial charge in [-0.1, -0.05) is 6.92 Å². The molecule has 3 heterocycles. The number of aryl methyl sites for hydroxylation is 1. The number of aromatic nitrogens is 2. The van der Waals surface area contributed by atoms with Crippen LogP contribution in [0.15, 0.2) is 35.4 Å². The van der Waals surface area contributed by atoms with Gasteiger partial charge in [0, 0.05) is 17.5 Å². The summed E-state index contributed by atoms with van der Waals surface area (Å²) in [5, 5.41) is 0.537. The summed E-state index contributed by atoms with van der Waals surface area (Å²) in [6.07, 6.45) is 1.69. The van der Waals surface area contributed by atoms with Crippen molar-refractivity contribution in [2.24, 2.45) is 0 Å². The standard InChI is InChI=1S/C20H19N3O4S/c1-4-13-8-14-18(28-13)21-10-23(20(14)26)9-16(24)12-5-6-17-15(7-12)22(3)19(25)11(2)27-17/h5-8,10-11H,4,9H2,1-3H3. The molecule has 1 amide bonds. The largest absolute Gasteiger partial charge is 0.479 e. The Bertz CT molecular complexity index is 1160. The van der Waals surface area contributed by atoms with Crippen LogP contribution in [0.25, 0.3) is 10.2 Å². The van der Waals surface area contributed by atoms with Crippen molar-refractivity contribution in [2.45, 2.75) is 32.9 Å². The van der Waals surface area contributed by atoms with E-state index in [0.717, 1.165) is 11.3 Å². The molecule has 0 saturated carbocycles. The van der Waals surface area contributed by atoms with Crippen LogP contribution < -0.4 is 15.2 Å². The number of Topliss-reactive ketones (excluding diaryl/α,β-unsaturated/α-hetero) is 1. The highest BCUT2D eigenvalue weighted by Gasteiger charge is 2.29. The van der Waals surface area contributed by atoms with Crippen LogP contribution in [-0.4, -0.2) is 34.4 Å². The SMILES string of the molecule is CCc1cc2c(=O)n(CC(=O)c3ccc4c(c3)N(C)C(=O)C(C)O4)cnc2s1. The zero-order valence-corrected chi connectivity index (χ0v) is 16.6. The molecule has 1 aliphatic rings. The molecule has 144 valence electrons. The number of thiophene rings is 1. The molecule has 0 radical (unpaired) electrons. The lowest BCUT2D eigenvalue weighted by Gasteiger charge is -2.30. The number of ketones is 1. The van der Waals surface area contributed by atoms with Gasteiger partial charge in [-0.2, -0.15) is 0 Å². The van der Waals surface area contributed by atoms with Gasteiger partial charge in [-0.15, -0.1) is 11.3 Å². The molecule has 1 unspecified atom stereocenters. The number of hydrogen-bond acceptors (Lipinski definition) is 6. The Morgan fingerprint density at radius 2 is 2.07 bits per heavy atom. The lowest BCUT2D eigenvalue weighted by atomic mass is 10.1. The number of carbonyl (C=O) groups excluding carboxylic acids is 2. The van der Waals surface area contributed by atoms with E-state index in [9.17, 15) is 14.4 Å². The van der Waals surface area contributed by atoms with E-state index in [2.05, 4.69) is 4.98 Å². The van der Waals surface area contributed by atoms with Crippen LogP contribution in [0.1, 0.15) is 29.1 Å². The third-order valence-electron chi connectivity index (χ3n) is 4.86. The predicted molar refractivity (Wildman–Crippen MR) is 108 cm³/mol. The molecule has 4 rings (SSSR count). The maximum absolute atomic E-state index is 12.8. The maximum Gasteiger partial charge on any atom is 0.267 e. The number of nitrogens with zero attached hydrogens (tertiary/aromatic N) is 3. The Balaban J connectivity index is 1.64. The number of amides is 1. The summed E-state index contributed by atoms with van der Waals surface area (Å²) >= 11 is 1.49. The smallest absolute Gasteiger partial charge is 0.267 e. The number of fused-ring (bicyclic) bond motifs is 2. The van der Waals surface area contributed by atoms with Crippen molar-refractivity contribution in [3.63, 3.8) is 0 Å². The number of anilines is 1. The number of rotatable bonds is 4. The highest BCUT2D eigenvalue weighted by atomic mass is 32.1. The molecular formula is C20H19N3O4S. The van der Waals surface area contributed by atoms with Gasteiger partial charge >= 0.3 is 0 Å². The van der Waals surface area contributed by atoms with Crippen molar-refractivity contribution >= 4 is 38.9 Å². The first-order valence-electron chi connectivity index (χ1n) is 8.98. The average molecular weight is 397 g/mol. The number of benzene rings is 1. The Labute approximate surface area is 165 Å². The summed E-state index contributed by atoms with van der Waals surface area (Å²) in [4.78, 5) is 45.2. The van der Waals surface area contributed by atoms with Gasteiger partial charge in [0.05, 0.1) is 23.9 Å².